The Morgan fingerprint density at radius 1 is 1.21 bits per heavy atom. The van der Waals surface area contributed by atoms with E-state index in [0.29, 0.717) is 25.2 Å². The molecule has 0 aliphatic carbocycles. The SMILES string of the molecule is CCn1c(=O)[nH]c(=O)c2c(C(=O)NCCc3ccccc3)cc(C(C)C)nc21. The molecular formula is C21H24N4O3. The zero-order valence-electron chi connectivity index (χ0n) is 16.3. The average molecular weight is 380 g/mol. The van der Waals surface area contributed by atoms with Crippen LogP contribution in [-0.4, -0.2) is 27.0 Å². The summed E-state index contributed by atoms with van der Waals surface area (Å²) < 4.78 is 1.38. The standard InChI is InChI=1S/C21H24N4O3/c1-4-25-18-17(20(27)24-21(25)28)15(12-16(23-18)13(2)3)19(26)22-11-10-14-8-6-5-7-9-14/h5-9,12-13H,4,10-11H2,1-3H3,(H,22,26)(H,24,27,28). The number of aromatic amines is 1. The molecular weight excluding hydrogens is 356 g/mol. The quantitative estimate of drug-likeness (QED) is 0.685. The van der Waals surface area contributed by atoms with Gasteiger partial charge in [0.1, 0.15) is 0 Å². The van der Waals surface area contributed by atoms with Crippen LogP contribution in [0, 0.1) is 0 Å². The predicted octanol–water partition coefficient (Wildman–Crippen LogP) is 2.20. The number of H-pyrrole nitrogens is 1. The molecule has 0 aliphatic heterocycles. The van der Waals surface area contributed by atoms with Gasteiger partial charge in [-0.3, -0.25) is 19.1 Å². The first-order chi connectivity index (χ1) is 13.4. The van der Waals surface area contributed by atoms with Crippen molar-refractivity contribution in [2.24, 2.45) is 0 Å². The summed E-state index contributed by atoms with van der Waals surface area (Å²) in [5.74, 6) is -0.308. The van der Waals surface area contributed by atoms with Gasteiger partial charge in [-0.05, 0) is 30.9 Å². The van der Waals surface area contributed by atoms with E-state index in [4.69, 9.17) is 0 Å². The predicted molar refractivity (Wildman–Crippen MR) is 109 cm³/mol. The lowest BCUT2D eigenvalue weighted by Gasteiger charge is -2.14. The number of nitrogens with zero attached hydrogens (tertiary/aromatic N) is 2. The molecule has 0 saturated carbocycles. The largest absolute Gasteiger partial charge is 0.352 e. The van der Waals surface area contributed by atoms with E-state index in [1.165, 1.54) is 4.57 Å². The summed E-state index contributed by atoms with van der Waals surface area (Å²) >= 11 is 0. The molecule has 1 amide bonds. The van der Waals surface area contributed by atoms with Crippen LogP contribution in [0.4, 0.5) is 0 Å². The fourth-order valence-electron chi connectivity index (χ4n) is 3.12. The van der Waals surface area contributed by atoms with Gasteiger partial charge in [0, 0.05) is 18.8 Å². The van der Waals surface area contributed by atoms with E-state index in [1.807, 2.05) is 44.2 Å². The number of hydrogen-bond acceptors (Lipinski definition) is 4. The second-order valence-electron chi connectivity index (χ2n) is 6.94. The third-order valence-electron chi connectivity index (χ3n) is 4.66. The maximum Gasteiger partial charge on any atom is 0.329 e. The molecule has 2 aromatic heterocycles. The number of amides is 1. The van der Waals surface area contributed by atoms with Crippen molar-refractivity contribution in [1.82, 2.24) is 19.9 Å². The lowest BCUT2D eigenvalue weighted by Crippen LogP contribution is -2.33. The van der Waals surface area contributed by atoms with Crippen LogP contribution in [0.5, 0.6) is 0 Å². The highest BCUT2D eigenvalue weighted by Crippen LogP contribution is 2.19. The van der Waals surface area contributed by atoms with Crippen molar-refractivity contribution >= 4 is 16.9 Å². The van der Waals surface area contributed by atoms with Crippen LogP contribution >= 0.6 is 0 Å². The van der Waals surface area contributed by atoms with Gasteiger partial charge >= 0.3 is 5.69 Å². The summed E-state index contributed by atoms with van der Waals surface area (Å²) in [7, 11) is 0. The minimum atomic E-state index is -0.597. The van der Waals surface area contributed by atoms with Crippen molar-refractivity contribution in [2.45, 2.75) is 39.7 Å². The lowest BCUT2D eigenvalue weighted by molar-refractivity contribution is 0.0955. The molecule has 0 spiro atoms. The molecule has 0 bridgehead atoms. The molecule has 3 aromatic rings. The molecule has 0 radical (unpaired) electrons. The van der Waals surface area contributed by atoms with Gasteiger partial charge in [0.2, 0.25) is 0 Å². The summed E-state index contributed by atoms with van der Waals surface area (Å²) in [5, 5.41) is 3.02. The van der Waals surface area contributed by atoms with Gasteiger partial charge in [-0.25, -0.2) is 9.78 Å². The van der Waals surface area contributed by atoms with Crippen LogP contribution in [-0.2, 0) is 13.0 Å². The zero-order valence-corrected chi connectivity index (χ0v) is 16.3. The first kappa shape index (κ1) is 19.5. The minimum Gasteiger partial charge on any atom is -0.352 e. The molecule has 28 heavy (non-hydrogen) atoms. The van der Waals surface area contributed by atoms with Crippen molar-refractivity contribution in [3.63, 3.8) is 0 Å². The molecule has 0 unspecified atom stereocenters. The molecule has 2 N–H and O–H groups in total. The summed E-state index contributed by atoms with van der Waals surface area (Å²) in [5.41, 5.74) is 1.14. The van der Waals surface area contributed by atoms with Gasteiger partial charge in [0.25, 0.3) is 11.5 Å². The second kappa shape index (κ2) is 8.21. The van der Waals surface area contributed by atoms with E-state index in [1.54, 1.807) is 13.0 Å². The van der Waals surface area contributed by atoms with Crippen LogP contribution < -0.4 is 16.6 Å². The summed E-state index contributed by atoms with van der Waals surface area (Å²) in [6.45, 7) is 6.48. The lowest BCUT2D eigenvalue weighted by atomic mass is 10.0. The van der Waals surface area contributed by atoms with Gasteiger partial charge in [-0.15, -0.1) is 0 Å². The normalized spacial score (nSPS) is 11.1. The Labute approximate surface area is 162 Å². The van der Waals surface area contributed by atoms with Crippen LogP contribution in [0.3, 0.4) is 0 Å². The van der Waals surface area contributed by atoms with Crippen LogP contribution in [0.25, 0.3) is 11.0 Å². The van der Waals surface area contributed by atoms with Gasteiger partial charge in [0.05, 0.1) is 10.9 Å². The van der Waals surface area contributed by atoms with E-state index in [9.17, 15) is 14.4 Å². The number of carbonyl (C=O) groups excluding carboxylic acids is 1. The number of carbonyl (C=O) groups is 1. The van der Waals surface area contributed by atoms with Crippen LogP contribution in [0.1, 0.15) is 48.3 Å². The van der Waals surface area contributed by atoms with Gasteiger partial charge in [-0.2, -0.15) is 0 Å². The third kappa shape index (κ3) is 3.88. The Kier molecular flexibility index (Phi) is 5.73. The van der Waals surface area contributed by atoms with Crippen LogP contribution in [0.15, 0.2) is 46.0 Å². The number of aryl methyl sites for hydroxylation is 1. The van der Waals surface area contributed by atoms with Crippen LogP contribution in [0.2, 0.25) is 0 Å². The molecule has 3 rings (SSSR count). The zero-order chi connectivity index (χ0) is 20.3. The van der Waals surface area contributed by atoms with Gasteiger partial charge in [0.15, 0.2) is 5.65 Å². The van der Waals surface area contributed by atoms with Crippen molar-refractivity contribution in [3.8, 4) is 0 Å². The first-order valence-corrected chi connectivity index (χ1v) is 9.42. The second-order valence-corrected chi connectivity index (χ2v) is 6.94. The Morgan fingerprint density at radius 3 is 2.57 bits per heavy atom. The molecule has 0 saturated heterocycles. The van der Waals surface area contributed by atoms with E-state index in [0.717, 1.165) is 5.56 Å². The molecule has 1 aromatic carbocycles. The maximum absolute atomic E-state index is 12.9. The number of nitrogens with one attached hydrogen (secondary N) is 2. The highest BCUT2D eigenvalue weighted by Gasteiger charge is 2.19. The number of aromatic nitrogens is 3. The summed E-state index contributed by atoms with van der Waals surface area (Å²) in [6.07, 6.45) is 0.683. The van der Waals surface area contributed by atoms with E-state index < -0.39 is 11.2 Å². The number of hydrogen-bond donors (Lipinski definition) is 2. The Morgan fingerprint density at radius 2 is 1.93 bits per heavy atom. The summed E-state index contributed by atoms with van der Waals surface area (Å²) in [6, 6.07) is 11.5. The topological polar surface area (TPSA) is 96.9 Å². The monoisotopic (exact) mass is 380 g/mol. The molecule has 0 atom stereocenters. The molecule has 0 aliphatic rings. The molecule has 0 fully saturated rings. The van der Waals surface area contributed by atoms with Gasteiger partial charge < -0.3 is 5.32 Å². The van der Waals surface area contributed by atoms with Crippen molar-refractivity contribution in [2.75, 3.05) is 6.54 Å². The fourth-order valence-corrected chi connectivity index (χ4v) is 3.12. The molecule has 146 valence electrons. The Bertz CT molecular complexity index is 1110. The van der Waals surface area contributed by atoms with Crippen molar-refractivity contribution in [1.29, 1.82) is 0 Å². The minimum absolute atomic E-state index is 0.0416. The van der Waals surface area contributed by atoms with Crippen molar-refractivity contribution in [3.05, 3.63) is 74.1 Å². The molecule has 7 heteroatoms. The summed E-state index contributed by atoms with van der Waals surface area (Å²) in [4.78, 5) is 44.3. The maximum atomic E-state index is 12.9. The number of rotatable bonds is 6. The third-order valence-corrected chi connectivity index (χ3v) is 4.66. The smallest absolute Gasteiger partial charge is 0.329 e. The number of fused-ring (bicyclic) bond motifs is 1. The highest BCUT2D eigenvalue weighted by molar-refractivity contribution is 6.05. The van der Waals surface area contributed by atoms with E-state index in [-0.39, 0.29) is 28.4 Å². The first-order valence-electron chi connectivity index (χ1n) is 9.42. The van der Waals surface area contributed by atoms with Gasteiger partial charge in [-0.1, -0.05) is 44.2 Å². The number of benzene rings is 1. The molecule has 2 heterocycles. The van der Waals surface area contributed by atoms with E-state index >= 15 is 0 Å². The fraction of sp³-hybridized carbons (Fsp3) is 0.333. The highest BCUT2D eigenvalue weighted by atomic mass is 16.2. The van der Waals surface area contributed by atoms with Crippen molar-refractivity contribution < 1.29 is 4.79 Å². The Hall–Kier alpha value is -3.22. The average Bonchev–Trinajstić information content (AvgIpc) is 2.68. The Balaban J connectivity index is 2.02. The van der Waals surface area contributed by atoms with E-state index in [2.05, 4.69) is 15.3 Å². The molecule has 7 nitrogen and oxygen atoms in total. The number of pyridine rings is 1.